The molecule has 20 heavy (non-hydrogen) atoms. The fraction of sp³-hybridized carbons (Fsp3) is 0.364. The Morgan fingerprint density at radius 1 is 1.30 bits per heavy atom. The van der Waals surface area contributed by atoms with Gasteiger partial charge in [-0.3, -0.25) is 25.7 Å². The van der Waals surface area contributed by atoms with Crippen molar-refractivity contribution in [1.82, 2.24) is 0 Å². The van der Waals surface area contributed by atoms with E-state index in [1.807, 2.05) is 0 Å². The SMILES string of the molecule is CC(C)C(O)/C=N/Nc1ccc([N+](=O)[O-])cc1[N+](=O)[O-]. The van der Waals surface area contributed by atoms with E-state index in [2.05, 4.69) is 10.5 Å². The third kappa shape index (κ3) is 3.99. The molecular weight excluding hydrogens is 268 g/mol. The summed E-state index contributed by atoms with van der Waals surface area (Å²) in [5.41, 5.74) is 1.56. The van der Waals surface area contributed by atoms with Crippen LogP contribution in [0.1, 0.15) is 13.8 Å². The van der Waals surface area contributed by atoms with E-state index in [1.54, 1.807) is 13.8 Å². The molecule has 0 saturated carbocycles. The van der Waals surface area contributed by atoms with Crippen molar-refractivity contribution in [3.63, 3.8) is 0 Å². The van der Waals surface area contributed by atoms with E-state index in [0.717, 1.165) is 12.1 Å². The van der Waals surface area contributed by atoms with E-state index in [1.165, 1.54) is 12.3 Å². The van der Waals surface area contributed by atoms with Gasteiger partial charge in [-0.25, -0.2) is 0 Å². The molecule has 1 unspecified atom stereocenters. The minimum absolute atomic E-state index is 0.00723. The van der Waals surface area contributed by atoms with Crippen LogP contribution in [0.15, 0.2) is 23.3 Å². The van der Waals surface area contributed by atoms with Gasteiger partial charge in [0, 0.05) is 6.07 Å². The minimum Gasteiger partial charge on any atom is -0.387 e. The zero-order valence-electron chi connectivity index (χ0n) is 10.9. The second-order valence-corrected chi connectivity index (χ2v) is 4.34. The van der Waals surface area contributed by atoms with Gasteiger partial charge in [-0.05, 0) is 12.0 Å². The lowest BCUT2D eigenvalue weighted by Crippen LogP contribution is -2.16. The number of aliphatic hydroxyl groups excluding tert-OH is 1. The molecular formula is C11H14N4O5. The fourth-order valence-electron chi connectivity index (χ4n) is 1.23. The molecule has 2 N–H and O–H groups in total. The van der Waals surface area contributed by atoms with Gasteiger partial charge in [0.1, 0.15) is 5.69 Å². The maximum absolute atomic E-state index is 10.8. The van der Waals surface area contributed by atoms with Crippen LogP contribution in [-0.2, 0) is 0 Å². The van der Waals surface area contributed by atoms with E-state index in [0.29, 0.717) is 0 Å². The average molecular weight is 282 g/mol. The van der Waals surface area contributed by atoms with Gasteiger partial charge in [0.15, 0.2) is 0 Å². The fourth-order valence-corrected chi connectivity index (χ4v) is 1.23. The third-order valence-corrected chi connectivity index (χ3v) is 2.48. The number of aliphatic hydroxyl groups is 1. The van der Waals surface area contributed by atoms with Crippen LogP contribution in [0.3, 0.4) is 0 Å². The highest BCUT2D eigenvalue weighted by Crippen LogP contribution is 2.28. The number of nitro groups is 2. The Morgan fingerprint density at radius 3 is 2.45 bits per heavy atom. The van der Waals surface area contributed by atoms with Gasteiger partial charge in [-0.15, -0.1) is 0 Å². The number of nitro benzene ring substituents is 2. The summed E-state index contributed by atoms with van der Waals surface area (Å²) in [6, 6.07) is 3.16. The highest BCUT2D eigenvalue weighted by Gasteiger charge is 2.19. The normalized spacial score (nSPS) is 12.6. The largest absolute Gasteiger partial charge is 0.387 e. The number of nitrogens with one attached hydrogen (secondary N) is 1. The van der Waals surface area contributed by atoms with Crippen molar-refractivity contribution >= 4 is 23.3 Å². The molecule has 0 saturated heterocycles. The molecule has 108 valence electrons. The predicted octanol–water partition coefficient (Wildman–Crippen LogP) is 1.92. The van der Waals surface area contributed by atoms with Crippen LogP contribution in [0.5, 0.6) is 0 Å². The van der Waals surface area contributed by atoms with Crippen molar-refractivity contribution in [2.24, 2.45) is 11.0 Å². The van der Waals surface area contributed by atoms with Crippen molar-refractivity contribution in [2.45, 2.75) is 20.0 Å². The molecule has 1 aromatic carbocycles. The van der Waals surface area contributed by atoms with E-state index in [-0.39, 0.29) is 17.3 Å². The minimum atomic E-state index is -0.792. The summed E-state index contributed by atoms with van der Waals surface area (Å²) in [4.78, 5) is 19.9. The van der Waals surface area contributed by atoms with E-state index in [9.17, 15) is 25.3 Å². The first-order valence-electron chi connectivity index (χ1n) is 5.73. The summed E-state index contributed by atoms with van der Waals surface area (Å²) in [7, 11) is 0. The zero-order valence-corrected chi connectivity index (χ0v) is 10.9. The summed E-state index contributed by atoms with van der Waals surface area (Å²) in [5, 5.41) is 34.6. The smallest absolute Gasteiger partial charge is 0.301 e. The van der Waals surface area contributed by atoms with Crippen molar-refractivity contribution in [3.05, 3.63) is 38.4 Å². The van der Waals surface area contributed by atoms with Gasteiger partial charge >= 0.3 is 5.69 Å². The molecule has 0 aliphatic rings. The van der Waals surface area contributed by atoms with Crippen LogP contribution in [0, 0.1) is 26.1 Å². The quantitative estimate of drug-likeness (QED) is 0.465. The lowest BCUT2D eigenvalue weighted by atomic mass is 10.1. The summed E-state index contributed by atoms with van der Waals surface area (Å²) in [6.45, 7) is 3.57. The number of hydrazone groups is 1. The van der Waals surface area contributed by atoms with Crippen LogP contribution < -0.4 is 5.43 Å². The number of anilines is 1. The summed E-state index contributed by atoms with van der Waals surface area (Å²) < 4.78 is 0. The molecule has 0 bridgehead atoms. The summed E-state index contributed by atoms with van der Waals surface area (Å²) in [5.74, 6) is -0.0487. The number of non-ortho nitro benzene ring substituents is 1. The number of hydrogen-bond donors (Lipinski definition) is 2. The Labute approximate surface area is 114 Å². The Bertz CT molecular complexity index is 544. The van der Waals surface area contributed by atoms with Gasteiger partial charge in [0.2, 0.25) is 0 Å². The van der Waals surface area contributed by atoms with Gasteiger partial charge in [-0.1, -0.05) is 13.8 Å². The van der Waals surface area contributed by atoms with Crippen LogP contribution in [-0.4, -0.2) is 27.3 Å². The predicted molar refractivity (Wildman–Crippen MR) is 72.7 cm³/mol. The first-order chi connectivity index (χ1) is 9.32. The van der Waals surface area contributed by atoms with E-state index < -0.39 is 21.6 Å². The molecule has 0 aliphatic heterocycles. The molecule has 9 nitrogen and oxygen atoms in total. The highest BCUT2D eigenvalue weighted by molar-refractivity contribution is 5.69. The molecule has 0 amide bonds. The van der Waals surface area contributed by atoms with Gasteiger partial charge < -0.3 is 5.11 Å². The molecule has 0 aliphatic carbocycles. The molecule has 0 aromatic heterocycles. The van der Waals surface area contributed by atoms with Gasteiger partial charge in [-0.2, -0.15) is 5.10 Å². The number of benzene rings is 1. The van der Waals surface area contributed by atoms with Gasteiger partial charge in [0.05, 0.1) is 28.2 Å². The third-order valence-electron chi connectivity index (χ3n) is 2.48. The Kier molecular flexibility index (Phi) is 5.09. The standard InChI is InChI=1S/C11H14N4O5/c1-7(2)11(16)6-12-13-9-4-3-8(14(17)18)5-10(9)15(19)20/h3-7,11,13,16H,1-2H3/b12-6+. The van der Waals surface area contributed by atoms with E-state index in [4.69, 9.17) is 0 Å². The molecule has 0 heterocycles. The monoisotopic (exact) mass is 282 g/mol. The zero-order chi connectivity index (χ0) is 15.3. The number of nitrogens with zero attached hydrogens (tertiary/aromatic N) is 3. The second-order valence-electron chi connectivity index (χ2n) is 4.34. The summed E-state index contributed by atoms with van der Waals surface area (Å²) >= 11 is 0. The number of hydrogen-bond acceptors (Lipinski definition) is 7. The molecule has 0 fully saturated rings. The van der Waals surface area contributed by atoms with Crippen molar-refractivity contribution in [3.8, 4) is 0 Å². The molecule has 1 aromatic rings. The van der Waals surface area contributed by atoms with Crippen LogP contribution in [0.2, 0.25) is 0 Å². The highest BCUT2D eigenvalue weighted by atomic mass is 16.6. The Morgan fingerprint density at radius 2 is 1.95 bits per heavy atom. The van der Waals surface area contributed by atoms with Crippen molar-refractivity contribution < 1.29 is 15.0 Å². The number of rotatable bonds is 6. The molecule has 1 rings (SSSR count). The first-order valence-corrected chi connectivity index (χ1v) is 5.73. The van der Waals surface area contributed by atoms with Crippen molar-refractivity contribution in [1.29, 1.82) is 0 Å². The maximum atomic E-state index is 10.8. The molecule has 9 heteroatoms. The van der Waals surface area contributed by atoms with Gasteiger partial charge in [0.25, 0.3) is 5.69 Å². The Hall–Kier alpha value is -2.55. The lowest BCUT2D eigenvalue weighted by Gasteiger charge is -2.08. The molecule has 0 spiro atoms. The van der Waals surface area contributed by atoms with Crippen molar-refractivity contribution in [2.75, 3.05) is 5.43 Å². The Balaban J connectivity index is 2.95. The molecule has 1 atom stereocenters. The maximum Gasteiger partial charge on any atom is 0.301 e. The second kappa shape index (κ2) is 6.57. The lowest BCUT2D eigenvalue weighted by molar-refractivity contribution is -0.393. The summed E-state index contributed by atoms with van der Waals surface area (Å²) in [6.07, 6.45) is 0.412. The topological polar surface area (TPSA) is 131 Å². The average Bonchev–Trinajstić information content (AvgIpc) is 2.38. The van der Waals surface area contributed by atoms with Crippen LogP contribution in [0.4, 0.5) is 17.1 Å². The molecule has 0 radical (unpaired) electrons. The van der Waals surface area contributed by atoms with Crippen LogP contribution >= 0.6 is 0 Å². The van der Waals surface area contributed by atoms with E-state index >= 15 is 0 Å². The van der Waals surface area contributed by atoms with Crippen LogP contribution in [0.25, 0.3) is 0 Å². The first kappa shape index (κ1) is 15.5.